The molecule has 19 heavy (non-hydrogen) atoms. The molecule has 2 heterocycles. The van der Waals surface area contributed by atoms with Crippen LogP contribution in [0.4, 0.5) is 0 Å². The number of hydrogen-bond donors (Lipinski definition) is 2. The van der Waals surface area contributed by atoms with Gasteiger partial charge in [0.25, 0.3) is 5.56 Å². The normalized spacial score (nSPS) is 10.6. The fraction of sp³-hybridized carbons (Fsp3) is 0.333. The van der Waals surface area contributed by atoms with Crippen LogP contribution in [0.15, 0.2) is 29.5 Å². The second-order valence-electron chi connectivity index (χ2n) is 3.85. The Labute approximate surface area is 110 Å². The van der Waals surface area contributed by atoms with E-state index in [-0.39, 0.29) is 5.56 Å². The molecule has 0 saturated heterocycles. The second-order valence-corrected chi connectivity index (χ2v) is 3.85. The first kappa shape index (κ1) is 13.3. The fourth-order valence-electron chi connectivity index (χ4n) is 1.54. The Morgan fingerprint density at radius 1 is 1.47 bits per heavy atom. The summed E-state index contributed by atoms with van der Waals surface area (Å²) in [5.74, 6) is 0.443. The Hall–Kier alpha value is -2.12. The van der Waals surface area contributed by atoms with Gasteiger partial charge in [-0.05, 0) is 6.07 Å². The number of nitrogens with one attached hydrogen (secondary N) is 2. The van der Waals surface area contributed by atoms with E-state index in [4.69, 9.17) is 4.74 Å². The van der Waals surface area contributed by atoms with Crippen molar-refractivity contribution in [2.45, 2.75) is 6.54 Å². The third-order valence-electron chi connectivity index (χ3n) is 2.41. The summed E-state index contributed by atoms with van der Waals surface area (Å²) in [7, 11) is 1.64. The zero-order chi connectivity index (χ0) is 13.5. The van der Waals surface area contributed by atoms with Gasteiger partial charge in [0.2, 0.25) is 0 Å². The highest BCUT2D eigenvalue weighted by molar-refractivity contribution is 5.47. The first-order valence-electron chi connectivity index (χ1n) is 5.86. The lowest BCUT2D eigenvalue weighted by Crippen LogP contribution is -2.21. The van der Waals surface area contributed by atoms with Crippen LogP contribution in [0, 0.1) is 0 Å². The standard InChI is InChI=1S/C12H15N5O2/c1-19-5-4-13-7-9-6-11(18)17-12(16-9)10-2-3-14-8-15-10/h2-3,6,8,13H,4-5,7H2,1H3,(H,16,17,18). The smallest absolute Gasteiger partial charge is 0.251 e. The summed E-state index contributed by atoms with van der Waals surface area (Å²) in [6.45, 7) is 1.82. The van der Waals surface area contributed by atoms with Crippen LogP contribution in [0.25, 0.3) is 11.5 Å². The Morgan fingerprint density at radius 3 is 3.11 bits per heavy atom. The van der Waals surface area contributed by atoms with Crippen molar-refractivity contribution in [3.05, 3.63) is 40.7 Å². The topological polar surface area (TPSA) is 92.8 Å². The van der Waals surface area contributed by atoms with Gasteiger partial charge in [0.05, 0.1) is 12.3 Å². The SMILES string of the molecule is COCCNCc1cc(=O)[nH]c(-c2ccncn2)n1. The zero-order valence-corrected chi connectivity index (χ0v) is 10.6. The maximum Gasteiger partial charge on any atom is 0.251 e. The van der Waals surface area contributed by atoms with Crippen LogP contribution in [-0.4, -0.2) is 40.2 Å². The molecular weight excluding hydrogens is 246 g/mol. The molecule has 0 radical (unpaired) electrons. The van der Waals surface area contributed by atoms with Crippen molar-refractivity contribution in [3.63, 3.8) is 0 Å². The Kier molecular flexibility index (Phi) is 4.71. The number of aromatic nitrogens is 4. The van der Waals surface area contributed by atoms with Gasteiger partial charge in [0.15, 0.2) is 5.82 Å². The molecule has 0 fully saturated rings. The van der Waals surface area contributed by atoms with Crippen LogP contribution in [0.1, 0.15) is 5.69 Å². The number of nitrogens with zero attached hydrogens (tertiary/aromatic N) is 3. The van der Waals surface area contributed by atoms with Gasteiger partial charge < -0.3 is 15.0 Å². The predicted octanol–water partition coefficient (Wildman–Crippen LogP) is -0.0371. The van der Waals surface area contributed by atoms with Crippen molar-refractivity contribution < 1.29 is 4.74 Å². The summed E-state index contributed by atoms with van der Waals surface area (Å²) in [5.41, 5.74) is 1.05. The number of ether oxygens (including phenoxy) is 1. The third kappa shape index (κ3) is 3.94. The molecule has 100 valence electrons. The third-order valence-corrected chi connectivity index (χ3v) is 2.41. The second kappa shape index (κ2) is 6.72. The maximum atomic E-state index is 11.6. The van der Waals surface area contributed by atoms with Crippen LogP contribution in [-0.2, 0) is 11.3 Å². The lowest BCUT2D eigenvalue weighted by molar-refractivity contribution is 0.199. The number of H-pyrrole nitrogens is 1. The van der Waals surface area contributed by atoms with Gasteiger partial charge in [-0.25, -0.2) is 15.0 Å². The molecule has 0 aromatic carbocycles. The van der Waals surface area contributed by atoms with E-state index in [1.54, 1.807) is 19.4 Å². The molecule has 0 spiro atoms. The molecule has 7 nitrogen and oxygen atoms in total. The molecular formula is C12H15N5O2. The highest BCUT2D eigenvalue weighted by Crippen LogP contribution is 2.07. The van der Waals surface area contributed by atoms with E-state index < -0.39 is 0 Å². The summed E-state index contributed by atoms with van der Waals surface area (Å²) >= 11 is 0. The Balaban J connectivity index is 2.14. The lowest BCUT2D eigenvalue weighted by Gasteiger charge is -2.05. The summed E-state index contributed by atoms with van der Waals surface area (Å²) in [4.78, 5) is 26.5. The molecule has 2 aromatic heterocycles. The van der Waals surface area contributed by atoms with E-state index in [9.17, 15) is 4.79 Å². The molecule has 0 atom stereocenters. The minimum atomic E-state index is -0.202. The molecule has 0 unspecified atom stereocenters. The largest absolute Gasteiger partial charge is 0.383 e. The van der Waals surface area contributed by atoms with E-state index in [0.717, 1.165) is 0 Å². The average molecular weight is 261 g/mol. The van der Waals surface area contributed by atoms with Crippen molar-refractivity contribution >= 4 is 0 Å². The molecule has 2 rings (SSSR count). The molecule has 7 heteroatoms. The van der Waals surface area contributed by atoms with Gasteiger partial charge in [-0.15, -0.1) is 0 Å². The number of methoxy groups -OCH3 is 1. The molecule has 2 N–H and O–H groups in total. The Bertz CT molecular complexity index is 570. The maximum absolute atomic E-state index is 11.6. The number of rotatable bonds is 6. The Morgan fingerprint density at radius 2 is 2.37 bits per heavy atom. The minimum Gasteiger partial charge on any atom is -0.383 e. The first-order valence-corrected chi connectivity index (χ1v) is 5.86. The molecule has 0 amide bonds. The highest BCUT2D eigenvalue weighted by Gasteiger charge is 2.04. The summed E-state index contributed by atoms with van der Waals surface area (Å²) in [6.07, 6.45) is 3.02. The number of aromatic amines is 1. The van der Waals surface area contributed by atoms with Gasteiger partial charge in [-0.1, -0.05) is 0 Å². The summed E-state index contributed by atoms with van der Waals surface area (Å²) < 4.78 is 4.93. The van der Waals surface area contributed by atoms with Gasteiger partial charge in [0.1, 0.15) is 12.0 Å². The molecule has 0 aliphatic carbocycles. The monoisotopic (exact) mass is 261 g/mol. The molecule has 0 aliphatic rings. The van der Waals surface area contributed by atoms with Crippen LogP contribution in [0.2, 0.25) is 0 Å². The van der Waals surface area contributed by atoms with Crippen molar-refractivity contribution in [1.82, 2.24) is 25.3 Å². The van der Waals surface area contributed by atoms with E-state index >= 15 is 0 Å². The van der Waals surface area contributed by atoms with Crippen molar-refractivity contribution in [2.24, 2.45) is 0 Å². The molecule has 0 saturated carbocycles. The molecule has 0 aliphatic heterocycles. The predicted molar refractivity (Wildman–Crippen MR) is 69.5 cm³/mol. The zero-order valence-electron chi connectivity index (χ0n) is 10.6. The van der Waals surface area contributed by atoms with Crippen LogP contribution in [0.5, 0.6) is 0 Å². The van der Waals surface area contributed by atoms with Crippen molar-refractivity contribution in [2.75, 3.05) is 20.3 Å². The fourth-order valence-corrected chi connectivity index (χ4v) is 1.54. The van der Waals surface area contributed by atoms with E-state index in [1.165, 1.54) is 12.4 Å². The van der Waals surface area contributed by atoms with E-state index in [1.807, 2.05) is 0 Å². The van der Waals surface area contributed by atoms with Gasteiger partial charge >= 0.3 is 0 Å². The van der Waals surface area contributed by atoms with E-state index in [2.05, 4.69) is 25.3 Å². The summed E-state index contributed by atoms with van der Waals surface area (Å²) in [5, 5.41) is 3.14. The molecule has 0 bridgehead atoms. The highest BCUT2D eigenvalue weighted by atomic mass is 16.5. The average Bonchev–Trinajstić information content (AvgIpc) is 2.44. The summed E-state index contributed by atoms with van der Waals surface area (Å²) in [6, 6.07) is 3.16. The van der Waals surface area contributed by atoms with E-state index in [0.29, 0.717) is 36.9 Å². The van der Waals surface area contributed by atoms with Gasteiger partial charge in [0, 0.05) is 32.5 Å². The quantitative estimate of drug-likeness (QED) is 0.709. The van der Waals surface area contributed by atoms with Gasteiger partial charge in [-0.2, -0.15) is 0 Å². The first-order chi connectivity index (χ1) is 9.29. The minimum absolute atomic E-state index is 0.202. The van der Waals surface area contributed by atoms with Crippen LogP contribution in [0.3, 0.4) is 0 Å². The van der Waals surface area contributed by atoms with Gasteiger partial charge in [-0.3, -0.25) is 4.79 Å². The molecule has 2 aromatic rings. The van der Waals surface area contributed by atoms with Crippen LogP contribution < -0.4 is 10.9 Å². The number of hydrogen-bond acceptors (Lipinski definition) is 6. The van der Waals surface area contributed by atoms with Crippen molar-refractivity contribution in [3.8, 4) is 11.5 Å². The lowest BCUT2D eigenvalue weighted by atomic mass is 10.3. The van der Waals surface area contributed by atoms with Crippen molar-refractivity contribution in [1.29, 1.82) is 0 Å². The van der Waals surface area contributed by atoms with Crippen LogP contribution >= 0.6 is 0 Å².